The van der Waals surface area contributed by atoms with Crippen LogP contribution in [-0.4, -0.2) is 29.5 Å². The molecule has 0 aliphatic heterocycles. The maximum atomic E-state index is 12.0. The Morgan fingerprint density at radius 3 is 3.12 bits per heavy atom. The molecule has 5 nitrogen and oxygen atoms in total. The highest BCUT2D eigenvalue weighted by atomic mass is 32.1. The van der Waals surface area contributed by atoms with Gasteiger partial charge in [0.05, 0.1) is 24.4 Å². The second kappa shape index (κ2) is 7.57. The fraction of sp³-hybridized carbons (Fsp3) is 0.389. The van der Waals surface area contributed by atoms with E-state index in [1.54, 1.807) is 30.8 Å². The van der Waals surface area contributed by atoms with Crippen LogP contribution < -0.4 is 10.1 Å². The van der Waals surface area contributed by atoms with Gasteiger partial charge < -0.3 is 10.1 Å². The van der Waals surface area contributed by atoms with Crippen molar-refractivity contribution in [2.24, 2.45) is 0 Å². The van der Waals surface area contributed by atoms with E-state index in [-0.39, 0.29) is 11.8 Å². The lowest BCUT2D eigenvalue weighted by molar-refractivity contribution is -0.122. The van der Waals surface area contributed by atoms with E-state index >= 15 is 0 Å². The maximum Gasteiger partial charge on any atom is 0.228 e. The number of nitrogens with one attached hydrogen (secondary N) is 1. The van der Waals surface area contributed by atoms with Crippen molar-refractivity contribution in [3.05, 3.63) is 39.6 Å². The molecule has 2 heterocycles. The van der Waals surface area contributed by atoms with Crippen molar-refractivity contribution in [1.29, 1.82) is 0 Å². The first kappa shape index (κ1) is 16.6. The number of carbonyl (C=O) groups excluding carboxylic acids is 1. The summed E-state index contributed by atoms with van der Waals surface area (Å²) >= 11 is 1.67. The highest BCUT2D eigenvalue weighted by Crippen LogP contribution is 2.35. The van der Waals surface area contributed by atoms with Crippen LogP contribution in [0.15, 0.2) is 18.5 Å². The highest BCUT2D eigenvalue weighted by Gasteiger charge is 2.29. The second-order valence-electron chi connectivity index (χ2n) is 5.64. The minimum Gasteiger partial charge on any atom is -0.492 e. The number of ether oxygens (including phenoxy) is 1. The van der Waals surface area contributed by atoms with Crippen LogP contribution in [0, 0.1) is 0 Å². The lowest BCUT2D eigenvalue weighted by atomic mass is 9.90. The lowest BCUT2D eigenvalue weighted by Crippen LogP contribution is -2.28. The molecule has 1 amide bonds. The monoisotopic (exact) mass is 343 g/mol. The summed E-state index contributed by atoms with van der Waals surface area (Å²) in [6.07, 6.45) is 10.4. The van der Waals surface area contributed by atoms with Gasteiger partial charge in [0.15, 0.2) is 0 Å². The maximum absolute atomic E-state index is 12.0. The Hall–Kier alpha value is -2.21. The van der Waals surface area contributed by atoms with Crippen LogP contribution in [0.2, 0.25) is 0 Å². The molecule has 1 N–H and O–H groups in total. The zero-order chi connectivity index (χ0) is 16.9. The molecular formula is C18H21N3O2S. The van der Waals surface area contributed by atoms with Crippen LogP contribution in [0.5, 0.6) is 5.75 Å². The zero-order valence-corrected chi connectivity index (χ0v) is 14.7. The Labute approximate surface area is 145 Å². The minimum absolute atomic E-state index is 0.0606. The molecule has 2 aromatic heterocycles. The Morgan fingerprint density at radius 2 is 2.33 bits per heavy atom. The predicted molar refractivity (Wildman–Crippen MR) is 96.2 cm³/mol. The Kier molecular flexibility index (Phi) is 5.25. The molecule has 2 aromatic rings. The van der Waals surface area contributed by atoms with Gasteiger partial charge in [0.25, 0.3) is 0 Å². The van der Waals surface area contributed by atoms with Crippen LogP contribution in [0.3, 0.4) is 0 Å². The van der Waals surface area contributed by atoms with Crippen molar-refractivity contribution in [2.45, 2.75) is 32.1 Å². The first-order valence-corrected chi connectivity index (χ1v) is 9.00. The first-order valence-electron chi connectivity index (χ1n) is 8.18. The molecule has 3 rings (SSSR count). The van der Waals surface area contributed by atoms with Gasteiger partial charge in [-0.2, -0.15) is 0 Å². The number of hydrogen-bond acceptors (Lipinski definition) is 5. The lowest BCUT2D eigenvalue weighted by Gasteiger charge is -2.19. The van der Waals surface area contributed by atoms with Crippen molar-refractivity contribution in [2.75, 3.05) is 13.7 Å². The summed E-state index contributed by atoms with van der Waals surface area (Å²) in [5.41, 5.74) is 1.92. The Balaban J connectivity index is 1.80. The van der Waals surface area contributed by atoms with Crippen LogP contribution in [0.4, 0.5) is 0 Å². The molecule has 1 atom stereocenters. The average Bonchev–Trinajstić information content (AvgIpc) is 3.03. The van der Waals surface area contributed by atoms with E-state index in [9.17, 15) is 4.79 Å². The van der Waals surface area contributed by atoms with Crippen molar-refractivity contribution < 1.29 is 9.53 Å². The molecule has 6 heteroatoms. The molecule has 0 fully saturated rings. The molecule has 0 spiro atoms. The molecular weight excluding hydrogens is 322 g/mol. The topological polar surface area (TPSA) is 64.1 Å². The number of aromatic nitrogens is 2. The third kappa shape index (κ3) is 3.64. The average molecular weight is 343 g/mol. The first-order chi connectivity index (χ1) is 11.7. The molecule has 24 heavy (non-hydrogen) atoms. The molecule has 1 unspecified atom stereocenters. The minimum atomic E-state index is -0.111. The Bertz CT molecular complexity index is 754. The molecule has 0 aromatic carbocycles. The number of thiazole rings is 1. The molecule has 0 saturated heterocycles. The van der Waals surface area contributed by atoms with Gasteiger partial charge in [-0.15, -0.1) is 11.3 Å². The van der Waals surface area contributed by atoms with Crippen molar-refractivity contribution in [3.8, 4) is 5.75 Å². The summed E-state index contributed by atoms with van der Waals surface area (Å²) in [6, 6.07) is 1.95. The standard InChI is InChI=1S/C18H21N3O2S/c1-3-23-13-9-12(10-20-11-13)7-8-16-21-17-14(18(22)19-2)5-4-6-15(17)24-16/h7-11,14H,3-6H2,1-2H3,(H,19,22)/b8-7+. The number of pyridine rings is 1. The van der Waals surface area contributed by atoms with E-state index in [4.69, 9.17) is 9.72 Å². The van der Waals surface area contributed by atoms with Crippen molar-refractivity contribution >= 4 is 29.4 Å². The van der Waals surface area contributed by atoms with Gasteiger partial charge in [0, 0.05) is 18.1 Å². The van der Waals surface area contributed by atoms with Crippen LogP contribution in [-0.2, 0) is 11.2 Å². The van der Waals surface area contributed by atoms with E-state index in [2.05, 4.69) is 10.3 Å². The van der Waals surface area contributed by atoms with E-state index in [0.717, 1.165) is 41.3 Å². The quantitative estimate of drug-likeness (QED) is 0.905. The largest absolute Gasteiger partial charge is 0.492 e. The summed E-state index contributed by atoms with van der Waals surface area (Å²) in [7, 11) is 1.68. The van der Waals surface area contributed by atoms with Crippen molar-refractivity contribution in [3.63, 3.8) is 0 Å². The number of rotatable bonds is 5. The molecule has 1 aliphatic carbocycles. The van der Waals surface area contributed by atoms with E-state index in [0.29, 0.717) is 6.61 Å². The molecule has 0 bridgehead atoms. The fourth-order valence-corrected chi connectivity index (χ4v) is 3.95. The van der Waals surface area contributed by atoms with Gasteiger partial charge in [0.1, 0.15) is 10.8 Å². The van der Waals surface area contributed by atoms with Crippen LogP contribution >= 0.6 is 11.3 Å². The number of likely N-dealkylation sites (N-methyl/N-ethyl adjacent to an activating group) is 1. The summed E-state index contributed by atoms with van der Waals surface area (Å²) in [5, 5.41) is 3.67. The van der Waals surface area contributed by atoms with E-state index < -0.39 is 0 Å². The normalized spacial score (nSPS) is 16.8. The van der Waals surface area contributed by atoms with Gasteiger partial charge in [-0.25, -0.2) is 4.98 Å². The van der Waals surface area contributed by atoms with Crippen LogP contribution in [0.1, 0.15) is 46.8 Å². The molecule has 0 radical (unpaired) electrons. The summed E-state index contributed by atoms with van der Waals surface area (Å²) < 4.78 is 5.46. The number of nitrogens with zero attached hydrogens (tertiary/aromatic N) is 2. The summed E-state index contributed by atoms with van der Waals surface area (Å²) in [5.74, 6) is 0.711. The Morgan fingerprint density at radius 1 is 1.46 bits per heavy atom. The van der Waals surface area contributed by atoms with E-state index in [1.165, 1.54) is 4.88 Å². The van der Waals surface area contributed by atoms with E-state index in [1.807, 2.05) is 25.1 Å². The third-order valence-corrected chi connectivity index (χ3v) is 5.09. The number of aryl methyl sites for hydroxylation is 1. The number of carbonyl (C=O) groups is 1. The number of amides is 1. The third-order valence-electron chi connectivity index (χ3n) is 4.00. The molecule has 0 saturated carbocycles. The summed E-state index contributed by atoms with van der Waals surface area (Å²) in [4.78, 5) is 22.1. The van der Waals surface area contributed by atoms with Gasteiger partial charge in [-0.1, -0.05) is 6.08 Å². The van der Waals surface area contributed by atoms with Crippen molar-refractivity contribution in [1.82, 2.24) is 15.3 Å². The fourth-order valence-electron chi connectivity index (χ4n) is 2.88. The van der Waals surface area contributed by atoms with Gasteiger partial charge >= 0.3 is 0 Å². The highest BCUT2D eigenvalue weighted by molar-refractivity contribution is 7.12. The smallest absolute Gasteiger partial charge is 0.228 e. The summed E-state index contributed by atoms with van der Waals surface area (Å²) in [6.45, 7) is 2.57. The number of hydrogen-bond donors (Lipinski definition) is 1. The van der Waals surface area contributed by atoms with Gasteiger partial charge in [-0.05, 0) is 43.9 Å². The molecule has 126 valence electrons. The van der Waals surface area contributed by atoms with Gasteiger partial charge in [0.2, 0.25) is 5.91 Å². The SMILES string of the molecule is CCOc1cncc(/C=C/c2nc3c(s2)CCCC3C(=O)NC)c1. The predicted octanol–water partition coefficient (Wildman–Crippen LogP) is 3.27. The number of fused-ring (bicyclic) bond motifs is 1. The van der Waals surface area contributed by atoms with Gasteiger partial charge in [-0.3, -0.25) is 9.78 Å². The van der Waals surface area contributed by atoms with Crippen LogP contribution in [0.25, 0.3) is 12.2 Å². The second-order valence-corrected chi connectivity index (χ2v) is 6.76. The molecule has 1 aliphatic rings. The zero-order valence-electron chi connectivity index (χ0n) is 13.9.